The second-order valence-corrected chi connectivity index (χ2v) is 6.36. The molecule has 2 nitrogen and oxygen atoms in total. The third-order valence-electron chi connectivity index (χ3n) is 3.62. The third-order valence-corrected chi connectivity index (χ3v) is 3.62. The summed E-state index contributed by atoms with van der Waals surface area (Å²) in [5, 5.41) is 2.92. The SMILES string of the molecule is CCC(C)(C)C(=O)Nc1ccc(C)cc1.CCC(C)C. The zero-order valence-electron chi connectivity index (χ0n) is 14.2. The van der Waals surface area contributed by atoms with E-state index in [-0.39, 0.29) is 11.3 Å². The molecule has 1 N–H and O–H groups in total. The molecular weight excluding hydrogens is 246 g/mol. The minimum atomic E-state index is -0.301. The molecular formula is C18H31NO. The Kier molecular flexibility index (Phi) is 8.21. The van der Waals surface area contributed by atoms with E-state index in [4.69, 9.17) is 0 Å². The fourth-order valence-corrected chi connectivity index (χ4v) is 1.10. The number of rotatable bonds is 4. The molecule has 0 radical (unpaired) electrons. The summed E-state index contributed by atoms with van der Waals surface area (Å²) in [6.45, 7) is 14.6. The summed E-state index contributed by atoms with van der Waals surface area (Å²) in [6.07, 6.45) is 2.14. The standard InChI is InChI=1S/C13H19NO.C5H12/c1-5-13(3,4)12(15)14-11-8-6-10(2)7-9-11;1-4-5(2)3/h6-9H,5H2,1-4H3,(H,14,15);5H,4H2,1-3H3. The number of carbonyl (C=O) groups is 1. The van der Waals surface area contributed by atoms with Gasteiger partial charge in [-0.1, -0.05) is 65.7 Å². The Morgan fingerprint density at radius 2 is 1.60 bits per heavy atom. The van der Waals surface area contributed by atoms with Gasteiger partial charge in [-0.3, -0.25) is 4.79 Å². The van der Waals surface area contributed by atoms with E-state index < -0.39 is 0 Å². The van der Waals surface area contributed by atoms with Crippen molar-refractivity contribution in [2.45, 2.75) is 61.3 Å². The third kappa shape index (κ3) is 7.32. The fraction of sp³-hybridized carbons (Fsp3) is 0.611. The van der Waals surface area contributed by atoms with E-state index in [1.165, 1.54) is 12.0 Å². The minimum absolute atomic E-state index is 0.0776. The summed E-state index contributed by atoms with van der Waals surface area (Å²) in [4.78, 5) is 11.8. The van der Waals surface area contributed by atoms with Gasteiger partial charge < -0.3 is 5.32 Å². The summed E-state index contributed by atoms with van der Waals surface area (Å²) < 4.78 is 0. The highest BCUT2D eigenvalue weighted by atomic mass is 16.2. The second kappa shape index (κ2) is 8.78. The number of aryl methyl sites for hydroxylation is 1. The lowest BCUT2D eigenvalue weighted by Crippen LogP contribution is -2.29. The van der Waals surface area contributed by atoms with Crippen LogP contribution in [0.2, 0.25) is 0 Å². The lowest BCUT2D eigenvalue weighted by molar-refractivity contribution is -0.124. The average molecular weight is 277 g/mol. The molecule has 0 spiro atoms. The number of amides is 1. The van der Waals surface area contributed by atoms with E-state index in [2.05, 4.69) is 26.1 Å². The molecule has 0 aromatic heterocycles. The van der Waals surface area contributed by atoms with Crippen molar-refractivity contribution in [1.82, 2.24) is 0 Å². The number of carbonyl (C=O) groups excluding carboxylic acids is 1. The van der Waals surface area contributed by atoms with Crippen molar-refractivity contribution in [2.75, 3.05) is 5.32 Å². The monoisotopic (exact) mass is 277 g/mol. The fourth-order valence-electron chi connectivity index (χ4n) is 1.10. The van der Waals surface area contributed by atoms with Gasteiger partial charge in [0.25, 0.3) is 0 Å². The largest absolute Gasteiger partial charge is 0.326 e. The van der Waals surface area contributed by atoms with E-state index in [1.807, 2.05) is 52.0 Å². The molecule has 0 fully saturated rings. The van der Waals surface area contributed by atoms with Crippen LogP contribution in [0.1, 0.15) is 59.9 Å². The van der Waals surface area contributed by atoms with Crippen molar-refractivity contribution in [3.63, 3.8) is 0 Å². The van der Waals surface area contributed by atoms with Gasteiger partial charge in [-0.25, -0.2) is 0 Å². The van der Waals surface area contributed by atoms with Crippen molar-refractivity contribution < 1.29 is 4.79 Å². The Labute approximate surface area is 125 Å². The van der Waals surface area contributed by atoms with Crippen molar-refractivity contribution in [3.8, 4) is 0 Å². The topological polar surface area (TPSA) is 29.1 Å². The van der Waals surface area contributed by atoms with Gasteiger partial charge in [-0.05, 0) is 31.4 Å². The lowest BCUT2D eigenvalue weighted by Gasteiger charge is -2.21. The molecule has 0 saturated carbocycles. The van der Waals surface area contributed by atoms with Crippen molar-refractivity contribution >= 4 is 11.6 Å². The highest BCUT2D eigenvalue weighted by Crippen LogP contribution is 2.22. The lowest BCUT2D eigenvalue weighted by atomic mass is 9.89. The maximum Gasteiger partial charge on any atom is 0.230 e. The highest BCUT2D eigenvalue weighted by molar-refractivity contribution is 5.94. The first kappa shape index (κ1) is 18.7. The molecule has 2 heteroatoms. The summed E-state index contributed by atoms with van der Waals surface area (Å²) in [5.41, 5.74) is 1.76. The number of hydrogen-bond acceptors (Lipinski definition) is 1. The van der Waals surface area contributed by atoms with E-state index in [0.717, 1.165) is 18.0 Å². The minimum Gasteiger partial charge on any atom is -0.326 e. The number of anilines is 1. The van der Waals surface area contributed by atoms with Gasteiger partial charge in [0, 0.05) is 11.1 Å². The smallest absolute Gasteiger partial charge is 0.230 e. The molecule has 0 aliphatic rings. The Morgan fingerprint density at radius 1 is 1.15 bits per heavy atom. The molecule has 0 heterocycles. The molecule has 0 aliphatic heterocycles. The molecule has 1 rings (SSSR count). The molecule has 0 saturated heterocycles. The zero-order valence-corrected chi connectivity index (χ0v) is 14.2. The van der Waals surface area contributed by atoms with Crippen LogP contribution in [0.4, 0.5) is 5.69 Å². The van der Waals surface area contributed by atoms with Crippen LogP contribution in [0.25, 0.3) is 0 Å². The van der Waals surface area contributed by atoms with E-state index in [1.54, 1.807) is 0 Å². The summed E-state index contributed by atoms with van der Waals surface area (Å²) in [7, 11) is 0. The van der Waals surface area contributed by atoms with Crippen LogP contribution in [-0.4, -0.2) is 5.91 Å². The summed E-state index contributed by atoms with van der Waals surface area (Å²) >= 11 is 0. The second-order valence-electron chi connectivity index (χ2n) is 6.36. The molecule has 114 valence electrons. The predicted molar refractivity (Wildman–Crippen MR) is 89.0 cm³/mol. The van der Waals surface area contributed by atoms with E-state index >= 15 is 0 Å². The molecule has 0 bridgehead atoms. The van der Waals surface area contributed by atoms with Crippen LogP contribution in [-0.2, 0) is 4.79 Å². The van der Waals surface area contributed by atoms with Crippen LogP contribution in [0.5, 0.6) is 0 Å². The molecule has 0 unspecified atom stereocenters. The maximum absolute atomic E-state index is 11.8. The van der Waals surface area contributed by atoms with Gasteiger partial charge in [-0.15, -0.1) is 0 Å². The van der Waals surface area contributed by atoms with Gasteiger partial charge in [0.1, 0.15) is 0 Å². The molecule has 0 atom stereocenters. The Hall–Kier alpha value is -1.31. The van der Waals surface area contributed by atoms with Gasteiger partial charge in [0.05, 0.1) is 0 Å². The maximum atomic E-state index is 11.8. The van der Waals surface area contributed by atoms with Crippen LogP contribution in [0.3, 0.4) is 0 Å². The molecule has 1 aromatic carbocycles. The molecule has 1 amide bonds. The van der Waals surface area contributed by atoms with Crippen molar-refractivity contribution in [2.24, 2.45) is 11.3 Å². The highest BCUT2D eigenvalue weighted by Gasteiger charge is 2.24. The van der Waals surface area contributed by atoms with Crippen LogP contribution < -0.4 is 5.32 Å². The van der Waals surface area contributed by atoms with Crippen LogP contribution in [0.15, 0.2) is 24.3 Å². The quantitative estimate of drug-likeness (QED) is 0.782. The van der Waals surface area contributed by atoms with E-state index in [9.17, 15) is 4.79 Å². The number of hydrogen-bond donors (Lipinski definition) is 1. The molecule has 1 aromatic rings. The molecule has 20 heavy (non-hydrogen) atoms. The van der Waals surface area contributed by atoms with Gasteiger partial charge in [-0.2, -0.15) is 0 Å². The normalized spacial score (nSPS) is 10.8. The Bertz CT molecular complexity index is 390. The summed E-state index contributed by atoms with van der Waals surface area (Å²) in [6, 6.07) is 7.85. The van der Waals surface area contributed by atoms with E-state index in [0.29, 0.717) is 0 Å². The average Bonchev–Trinajstić information content (AvgIpc) is 2.41. The number of benzene rings is 1. The van der Waals surface area contributed by atoms with Crippen molar-refractivity contribution in [1.29, 1.82) is 0 Å². The summed E-state index contributed by atoms with van der Waals surface area (Å²) in [5.74, 6) is 0.962. The van der Waals surface area contributed by atoms with Gasteiger partial charge in [0.15, 0.2) is 0 Å². The number of nitrogens with one attached hydrogen (secondary N) is 1. The first-order valence-electron chi connectivity index (χ1n) is 7.61. The first-order valence-corrected chi connectivity index (χ1v) is 7.61. The van der Waals surface area contributed by atoms with Gasteiger partial charge >= 0.3 is 0 Å². The zero-order chi connectivity index (χ0) is 15.8. The predicted octanol–water partition coefficient (Wildman–Crippen LogP) is 5.42. The van der Waals surface area contributed by atoms with Gasteiger partial charge in [0.2, 0.25) is 5.91 Å². The van der Waals surface area contributed by atoms with Crippen LogP contribution in [0, 0.1) is 18.3 Å². The van der Waals surface area contributed by atoms with Crippen LogP contribution >= 0.6 is 0 Å². The first-order chi connectivity index (χ1) is 9.22. The Morgan fingerprint density at radius 3 is 1.95 bits per heavy atom. The Balaban J connectivity index is 0.000000621. The molecule has 0 aliphatic carbocycles. The van der Waals surface area contributed by atoms with Crippen molar-refractivity contribution in [3.05, 3.63) is 29.8 Å².